The lowest BCUT2D eigenvalue weighted by Crippen LogP contribution is -2.70. The molecule has 2 atom stereocenters. The van der Waals surface area contributed by atoms with Gasteiger partial charge in [0.1, 0.15) is 6.04 Å². The first-order valence-corrected chi connectivity index (χ1v) is 5.41. The number of carbonyl (C=O) groups excluding carboxylic acids is 1. The van der Waals surface area contributed by atoms with Gasteiger partial charge in [-0.05, 0) is 27.3 Å². The monoisotopic (exact) mass is 214 g/mol. The molecule has 88 valence electrons. The Morgan fingerprint density at radius 1 is 1.53 bits per heavy atom. The minimum Gasteiger partial charge on any atom is -0.342 e. The first-order valence-electron chi connectivity index (χ1n) is 5.41. The first kappa shape index (κ1) is 12.4. The summed E-state index contributed by atoms with van der Waals surface area (Å²) in [6.45, 7) is 9.57. The lowest BCUT2D eigenvalue weighted by Gasteiger charge is -2.44. The van der Waals surface area contributed by atoms with Crippen LogP contribution in [0.1, 0.15) is 27.7 Å². The van der Waals surface area contributed by atoms with E-state index in [-0.39, 0.29) is 23.7 Å². The Balaban J connectivity index is 2.86. The lowest BCUT2D eigenvalue weighted by atomic mass is 10.00. The maximum absolute atomic E-state index is 11.8. The minimum atomic E-state index is -0.294. The molecule has 1 heterocycles. The van der Waals surface area contributed by atoms with E-state index in [2.05, 4.69) is 36.3 Å². The average Bonchev–Trinajstić information content (AvgIpc) is 2.09. The lowest BCUT2D eigenvalue weighted by molar-refractivity contribution is -0.132. The van der Waals surface area contributed by atoms with E-state index < -0.39 is 0 Å². The van der Waals surface area contributed by atoms with E-state index in [1.807, 2.05) is 6.92 Å². The Labute approximate surface area is 91.4 Å². The Bertz CT molecular complexity index is 236. The number of nitrogens with one attached hydrogen (secondary N) is 2. The fourth-order valence-corrected chi connectivity index (χ4v) is 2.06. The number of nitrogens with two attached hydrogens (primary N) is 1. The SMILES string of the molecule is CCN(C1C(=O)NCNC1N)C(C)(C)C. The highest BCUT2D eigenvalue weighted by atomic mass is 16.2. The number of hydrogen-bond acceptors (Lipinski definition) is 4. The Morgan fingerprint density at radius 3 is 2.53 bits per heavy atom. The van der Waals surface area contributed by atoms with E-state index in [4.69, 9.17) is 5.73 Å². The zero-order valence-electron chi connectivity index (χ0n) is 10.0. The molecule has 1 aliphatic rings. The van der Waals surface area contributed by atoms with Gasteiger partial charge in [-0.25, -0.2) is 0 Å². The molecule has 0 bridgehead atoms. The summed E-state index contributed by atoms with van der Waals surface area (Å²) in [4.78, 5) is 13.9. The predicted octanol–water partition coefficient (Wildman–Crippen LogP) is -0.563. The normalized spacial score (nSPS) is 28.0. The summed E-state index contributed by atoms with van der Waals surface area (Å²) >= 11 is 0. The number of amides is 1. The van der Waals surface area contributed by atoms with Crippen LogP contribution in [0.4, 0.5) is 0 Å². The number of hydrogen-bond donors (Lipinski definition) is 3. The number of likely N-dealkylation sites (N-methyl/N-ethyl adjacent to an activating group) is 1. The Kier molecular flexibility index (Phi) is 3.70. The van der Waals surface area contributed by atoms with Gasteiger partial charge in [0, 0.05) is 5.54 Å². The second-order valence-electron chi connectivity index (χ2n) is 4.85. The van der Waals surface area contributed by atoms with Crippen molar-refractivity contribution >= 4 is 5.91 Å². The van der Waals surface area contributed by atoms with Crippen molar-refractivity contribution in [2.24, 2.45) is 5.73 Å². The fourth-order valence-electron chi connectivity index (χ4n) is 2.06. The molecule has 2 unspecified atom stereocenters. The van der Waals surface area contributed by atoms with Gasteiger partial charge in [0.25, 0.3) is 0 Å². The highest BCUT2D eigenvalue weighted by Gasteiger charge is 2.38. The Hall–Kier alpha value is -0.650. The molecule has 1 aliphatic heterocycles. The standard InChI is InChI=1S/C10H22N4O/c1-5-14(10(2,3)4)7-8(11)12-6-13-9(7)15/h7-8,12H,5-6,11H2,1-4H3,(H,13,15). The van der Waals surface area contributed by atoms with Gasteiger partial charge in [-0.1, -0.05) is 6.92 Å². The van der Waals surface area contributed by atoms with Gasteiger partial charge in [0.2, 0.25) is 5.91 Å². The second kappa shape index (κ2) is 4.47. The second-order valence-corrected chi connectivity index (χ2v) is 4.85. The fraction of sp³-hybridized carbons (Fsp3) is 0.900. The summed E-state index contributed by atoms with van der Waals surface area (Å²) in [6.07, 6.45) is -0.294. The van der Waals surface area contributed by atoms with E-state index in [9.17, 15) is 4.79 Å². The van der Waals surface area contributed by atoms with Crippen LogP contribution in [0.25, 0.3) is 0 Å². The maximum atomic E-state index is 11.8. The summed E-state index contributed by atoms with van der Waals surface area (Å²) < 4.78 is 0. The van der Waals surface area contributed by atoms with Crippen molar-refractivity contribution in [3.05, 3.63) is 0 Å². The molecule has 1 rings (SSSR count). The van der Waals surface area contributed by atoms with Crippen LogP contribution in [-0.4, -0.2) is 41.8 Å². The van der Waals surface area contributed by atoms with Crippen molar-refractivity contribution in [1.29, 1.82) is 0 Å². The smallest absolute Gasteiger partial charge is 0.241 e. The largest absolute Gasteiger partial charge is 0.342 e. The molecular formula is C10H22N4O. The maximum Gasteiger partial charge on any atom is 0.241 e. The number of carbonyl (C=O) groups is 1. The van der Waals surface area contributed by atoms with E-state index in [1.54, 1.807) is 0 Å². The quantitative estimate of drug-likeness (QED) is 0.576. The third-order valence-corrected chi connectivity index (χ3v) is 2.75. The van der Waals surface area contributed by atoms with Gasteiger partial charge < -0.3 is 11.1 Å². The molecule has 0 aromatic heterocycles. The van der Waals surface area contributed by atoms with Gasteiger partial charge >= 0.3 is 0 Å². The summed E-state index contributed by atoms with van der Waals surface area (Å²) in [5, 5.41) is 5.83. The number of nitrogens with zero attached hydrogens (tertiary/aromatic N) is 1. The van der Waals surface area contributed by atoms with Crippen LogP contribution in [-0.2, 0) is 4.79 Å². The topological polar surface area (TPSA) is 70.4 Å². The molecule has 0 aliphatic carbocycles. The molecule has 1 fully saturated rings. The van der Waals surface area contributed by atoms with Crippen molar-refractivity contribution < 1.29 is 4.79 Å². The van der Waals surface area contributed by atoms with Gasteiger partial charge in [-0.3, -0.25) is 15.0 Å². The summed E-state index contributed by atoms with van der Waals surface area (Å²) in [5.74, 6) is 0.0121. The van der Waals surface area contributed by atoms with Crippen LogP contribution in [0.5, 0.6) is 0 Å². The molecule has 0 spiro atoms. The number of rotatable bonds is 2. The molecule has 15 heavy (non-hydrogen) atoms. The van der Waals surface area contributed by atoms with E-state index >= 15 is 0 Å². The predicted molar refractivity (Wildman–Crippen MR) is 60.0 cm³/mol. The van der Waals surface area contributed by atoms with Crippen LogP contribution in [0.3, 0.4) is 0 Å². The van der Waals surface area contributed by atoms with Gasteiger partial charge in [-0.15, -0.1) is 0 Å². The van der Waals surface area contributed by atoms with Crippen LogP contribution in [0, 0.1) is 0 Å². The van der Waals surface area contributed by atoms with E-state index in [0.29, 0.717) is 6.67 Å². The molecule has 0 saturated carbocycles. The van der Waals surface area contributed by atoms with Gasteiger partial charge in [0.15, 0.2) is 0 Å². The third kappa shape index (κ3) is 2.68. The van der Waals surface area contributed by atoms with Crippen LogP contribution in [0.15, 0.2) is 0 Å². The summed E-state index contributed by atoms with van der Waals surface area (Å²) in [6, 6.07) is -0.288. The molecule has 0 radical (unpaired) electrons. The molecule has 4 N–H and O–H groups in total. The van der Waals surface area contributed by atoms with Crippen LogP contribution >= 0.6 is 0 Å². The van der Waals surface area contributed by atoms with Gasteiger partial charge in [0.05, 0.1) is 12.8 Å². The van der Waals surface area contributed by atoms with Gasteiger partial charge in [-0.2, -0.15) is 0 Å². The minimum absolute atomic E-state index is 0.0121. The van der Waals surface area contributed by atoms with Crippen molar-refractivity contribution in [2.45, 2.75) is 45.4 Å². The molecule has 5 nitrogen and oxygen atoms in total. The van der Waals surface area contributed by atoms with Crippen molar-refractivity contribution in [3.8, 4) is 0 Å². The van der Waals surface area contributed by atoms with Crippen molar-refractivity contribution in [2.75, 3.05) is 13.2 Å². The highest BCUT2D eigenvalue weighted by Crippen LogP contribution is 2.18. The molecule has 0 aromatic rings. The highest BCUT2D eigenvalue weighted by molar-refractivity contribution is 5.83. The van der Waals surface area contributed by atoms with Crippen LogP contribution < -0.4 is 16.4 Å². The molecule has 1 amide bonds. The average molecular weight is 214 g/mol. The van der Waals surface area contributed by atoms with E-state index in [1.165, 1.54) is 0 Å². The van der Waals surface area contributed by atoms with Crippen molar-refractivity contribution in [1.82, 2.24) is 15.5 Å². The molecule has 0 aromatic carbocycles. The van der Waals surface area contributed by atoms with Crippen LogP contribution in [0.2, 0.25) is 0 Å². The molecule has 5 heteroatoms. The first-order chi connectivity index (χ1) is 6.88. The molecular weight excluding hydrogens is 192 g/mol. The van der Waals surface area contributed by atoms with E-state index in [0.717, 1.165) is 6.54 Å². The third-order valence-electron chi connectivity index (χ3n) is 2.75. The van der Waals surface area contributed by atoms with Crippen molar-refractivity contribution in [3.63, 3.8) is 0 Å². The summed E-state index contributed by atoms with van der Waals surface area (Å²) in [7, 11) is 0. The molecule has 1 saturated heterocycles. The zero-order chi connectivity index (χ0) is 11.6. The Morgan fingerprint density at radius 2 is 2.13 bits per heavy atom. The summed E-state index contributed by atoms with van der Waals surface area (Å²) in [5.41, 5.74) is 5.87. The zero-order valence-corrected chi connectivity index (χ0v) is 10.0.